The molecule has 1 N–H and O–H groups in total. The minimum absolute atomic E-state index is 0.0351. The average molecular weight is 397 g/mol. The average Bonchev–Trinajstić information content (AvgIpc) is 2.63. The number of Topliss-reactive ketones (excluding diaryl/α,β-unsaturated/α-hetero) is 1. The van der Waals surface area contributed by atoms with E-state index in [0.29, 0.717) is 0 Å². The number of carbonyl (C=O) groups is 2. The Kier molecular flexibility index (Phi) is 7.14. The van der Waals surface area contributed by atoms with Gasteiger partial charge in [0.15, 0.2) is 12.4 Å². The highest BCUT2D eigenvalue weighted by Crippen LogP contribution is 2.10. The fourth-order valence-electron chi connectivity index (χ4n) is 2.10. The van der Waals surface area contributed by atoms with E-state index in [4.69, 9.17) is 4.74 Å². The zero-order chi connectivity index (χ0) is 19.9. The lowest BCUT2D eigenvalue weighted by atomic mass is 10.1. The molecule has 144 valence electrons. The van der Waals surface area contributed by atoms with E-state index in [2.05, 4.69) is 4.72 Å². The van der Waals surface area contributed by atoms with Crippen LogP contribution < -0.4 is 4.72 Å². The summed E-state index contributed by atoms with van der Waals surface area (Å²) in [6.45, 7) is -0.559. The third-order valence-corrected chi connectivity index (χ3v) is 4.96. The number of benzene rings is 2. The summed E-state index contributed by atoms with van der Waals surface area (Å²) in [5.74, 6) is -2.34. The van der Waals surface area contributed by atoms with Gasteiger partial charge in [0.05, 0.1) is 4.90 Å². The summed E-state index contributed by atoms with van der Waals surface area (Å²) in [4.78, 5) is 23.3. The van der Waals surface area contributed by atoms with Gasteiger partial charge in [0.2, 0.25) is 10.0 Å². The van der Waals surface area contributed by atoms with E-state index < -0.39 is 40.0 Å². The molecule has 0 radical (unpaired) electrons. The number of ether oxygens (including phenoxy) is 1. The summed E-state index contributed by atoms with van der Waals surface area (Å²) in [6, 6.07) is 9.33. The number of sulfonamides is 1. The van der Waals surface area contributed by atoms with Crippen LogP contribution in [-0.2, 0) is 19.6 Å². The molecule has 0 spiro atoms. The fourth-order valence-corrected chi connectivity index (χ4v) is 3.17. The third-order valence-electron chi connectivity index (χ3n) is 3.48. The molecule has 2 aromatic carbocycles. The van der Waals surface area contributed by atoms with Gasteiger partial charge in [0.25, 0.3) is 0 Å². The lowest BCUT2D eigenvalue weighted by Gasteiger charge is -2.07. The van der Waals surface area contributed by atoms with Crippen LogP contribution in [0.5, 0.6) is 0 Å². The molecule has 0 aliphatic carbocycles. The monoisotopic (exact) mass is 397 g/mol. The molecule has 0 saturated heterocycles. The Bertz CT molecular complexity index is 914. The second kappa shape index (κ2) is 9.33. The summed E-state index contributed by atoms with van der Waals surface area (Å²) in [7, 11) is -3.80. The Hall–Kier alpha value is -2.65. The summed E-state index contributed by atoms with van der Waals surface area (Å²) < 4.78 is 56.9. The van der Waals surface area contributed by atoms with Gasteiger partial charge in [0.1, 0.15) is 11.6 Å². The minimum Gasteiger partial charge on any atom is -0.457 e. The molecule has 0 heterocycles. The molecule has 0 unspecified atom stereocenters. The summed E-state index contributed by atoms with van der Waals surface area (Å²) in [5.41, 5.74) is 0.0925. The number of nitrogens with one attached hydrogen (secondary N) is 1. The Labute approximate surface area is 155 Å². The maximum atomic E-state index is 13.0. The predicted molar refractivity (Wildman–Crippen MR) is 92.5 cm³/mol. The van der Waals surface area contributed by atoms with Gasteiger partial charge in [-0.2, -0.15) is 0 Å². The first kappa shape index (κ1) is 20.7. The molecule has 0 atom stereocenters. The molecule has 0 saturated carbocycles. The molecule has 0 bridgehead atoms. The van der Waals surface area contributed by atoms with Crippen molar-refractivity contribution in [1.29, 1.82) is 0 Å². The Balaban J connectivity index is 1.71. The van der Waals surface area contributed by atoms with Crippen LogP contribution in [0.1, 0.15) is 23.2 Å². The molecular formula is C18H17F2NO5S. The number of halogens is 2. The zero-order valence-electron chi connectivity index (χ0n) is 14.2. The number of hydrogen-bond acceptors (Lipinski definition) is 5. The van der Waals surface area contributed by atoms with Crippen LogP contribution >= 0.6 is 0 Å². The van der Waals surface area contributed by atoms with E-state index in [1.807, 2.05) is 0 Å². The molecule has 0 aromatic heterocycles. The van der Waals surface area contributed by atoms with Crippen molar-refractivity contribution >= 4 is 21.8 Å². The topological polar surface area (TPSA) is 89.5 Å². The smallest absolute Gasteiger partial charge is 0.306 e. The molecule has 2 aromatic rings. The Morgan fingerprint density at radius 1 is 1.00 bits per heavy atom. The second-order valence-electron chi connectivity index (χ2n) is 5.55. The first-order chi connectivity index (χ1) is 12.8. The molecule has 0 amide bonds. The lowest BCUT2D eigenvalue weighted by Crippen LogP contribution is -2.25. The molecule has 9 heteroatoms. The van der Waals surface area contributed by atoms with Crippen molar-refractivity contribution < 1.29 is 31.5 Å². The molecule has 0 aliphatic rings. The molecule has 27 heavy (non-hydrogen) atoms. The minimum atomic E-state index is -3.80. The van der Waals surface area contributed by atoms with Gasteiger partial charge in [-0.15, -0.1) is 0 Å². The van der Waals surface area contributed by atoms with E-state index in [9.17, 15) is 26.8 Å². The van der Waals surface area contributed by atoms with E-state index in [-0.39, 0.29) is 29.8 Å². The molecule has 2 rings (SSSR count). The molecule has 0 aliphatic heterocycles. The Morgan fingerprint density at radius 2 is 1.70 bits per heavy atom. The maximum Gasteiger partial charge on any atom is 0.306 e. The van der Waals surface area contributed by atoms with Gasteiger partial charge in [-0.05, 0) is 42.8 Å². The van der Waals surface area contributed by atoms with Crippen LogP contribution in [0.15, 0.2) is 53.4 Å². The number of rotatable bonds is 9. The normalized spacial score (nSPS) is 11.2. The predicted octanol–water partition coefficient (Wildman–Crippen LogP) is 2.45. The Morgan fingerprint density at radius 3 is 2.37 bits per heavy atom. The second-order valence-corrected chi connectivity index (χ2v) is 7.32. The summed E-state index contributed by atoms with van der Waals surface area (Å²) in [5, 5.41) is 0. The van der Waals surface area contributed by atoms with Gasteiger partial charge in [-0.1, -0.05) is 12.1 Å². The van der Waals surface area contributed by atoms with Crippen molar-refractivity contribution in [2.24, 2.45) is 0 Å². The van der Waals surface area contributed by atoms with Gasteiger partial charge in [-0.25, -0.2) is 21.9 Å². The molecular weight excluding hydrogens is 380 g/mol. The zero-order valence-corrected chi connectivity index (χ0v) is 15.0. The first-order valence-corrected chi connectivity index (χ1v) is 9.46. The maximum absolute atomic E-state index is 13.0. The third kappa shape index (κ3) is 6.54. The van der Waals surface area contributed by atoms with E-state index in [1.165, 1.54) is 18.2 Å². The lowest BCUT2D eigenvalue weighted by molar-refractivity contribution is -0.142. The first-order valence-electron chi connectivity index (χ1n) is 7.97. The number of carbonyl (C=O) groups excluding carboxylic acids is 2. The van der Waals surface area contributed by atoms with Crippen molar-refractivity contribution in [3.05, 3.63) is 65.7 Å². The van der Waals surface area contributed by atoms with Crippen molar-refractivity contribution in [3.8, 4) is 0 Å². The standard InChI is InChI=1S/C18H17F2NO5S/c19-14-6-8-16(9-7-14)27(24,25)21-10-2-5-18(23)26-12-17(22)13-3-1-4-15(20)11-13/h1,3-4,6-9,11,21H,2,5,10,12H2. The van der Waals surface area contributed by atoms with Gasteiger partial charge in [0, 0.05) is 18.5 Å². The highest BCUT2D eigenvalue weighted by molar-refractivity contribution is 7.89. The highest BCUT2D eigenvalue weighted by Gasteiger charge is 2.14. The van der Waals surface area contributed by atoms with Crippen LogP contribution in [-0.4, -0.2) is 33.3 Å². The van der Waals surface area contributed by atoms with E-state index in [1.54, 1.807) is 0 Å². The summed E-state index contributed by atoms with van der Waals surface area (Å²) >= 11 is 0. The van der Waals surface area contributed by atoms with Crippen LogP contribution in [0.4, 0.5) is 8.78 Å². The highest BCUT2D eigenvalue weighted by atomic mass is 32.2. The SMILES string of the molecule is O=C(CCCNS(=O)(=O)c1ccc(F)cc1)OCC(=O)c1cccc(F)c1. The van der Waals surface area contributed by atoms with Gasteiger partial charge < -0.3 is 4.74 Å². The summed E-state index contributed by atoms with van der Waals surface area (Å²) in [6.07, 6.45) is 0.0375. The van der Waals surface area contributed by atoms with Crippen LogP contribution in [0, 0.1) is 11.6 Å². The largest absolute Gasteiger partial charge is 0.457 e. The van der Waals surface area contributed by atoms with Crippen LogP contribution in [0.25, 0.3) is 0 Å². The van der Waals surface area contributed by atoms with Gasteiger partial charge in [-0.3, -0.25) is 9.59 Å². The van der Waals surface area contributed by atoms with Crippen LogP contribution in [0.2, 0.25) is 0 Å². The molecule has 6 nitrogen and oxygen atoms in total. The fraction of sp³-hybridized carbons (Fsp3) is 0.222. The number of esters is 1. The van der Waals surface area contributed by atoms with E-state index >= 15 is 0 Å². The number of ketones is 1. The molecule has 0 fully saturated rings. The van der Waals surface area contributed by atoms with Crippen LogP contribution in [0.3, 0.4) is 0 Å². The van der Waals surface area contributed by atoms with Gasteiger partial charge >= 0.3 is 5.97 Å². The van der Waals surface area contributed by atoms with Crippen molar-refractivity contribution in [1.82, 2.24) is 4.72 Å². The van der Waals surface area contributed by atoms with Crippen molar-refractivity contribution in [3.63, 3.8) is 0 Å². The quantitative estimate of drug-likeness (QED) is 0.399. The number of hydrogen-bond donors (Lipinski definition) is 1. The van der Waals surface area contributed by atoms with Crippen molar-refractivity contribution in [2.45, 2.75) is 17.7 Å². The van der Waals surface area contributed by atoms with E-state index in [0.717, 1.165) is 30.3 Å². The van der Waals surface area contributed by atoms with Crippen molar-refractivity contribution in [2.75, 3.05) is 13.2 Å².